The van der Waals surface area contributed by atoms with Crippen molar-refractivity contribution in [2.75, 3.05) is 16.4 Å². The van der Waals surface area contributed by atoms with Gasteiger partial charge in [-0.25, -0.2) is 4.79 Å². The average molecular weight is 602 g/mol. The van der Waals surface area contributed by atoms with Crippen molar-refractivity contribution in [1.82, 2.24) is 0 Å². The highest BCUT2D eigenvalue weighted by molar-refractivity contribution is 9.10. The number of benzene rings is 4. The van der Waals surface area contributed by atoms with Crippen molar-refractivity contribution < 1.29 is 24.2 Å². The Hall–Kier alpha value is -4.76. The molecule has 4 aromatic carbocycles. The van der Waals surface area contributed by atoms with Crippen LogP contribution in [0.2, 0.25) is 0 Å². The minimum absolute atomic E-state index is 0.118. The summed E-state index contributed by atoms with van der Waals surface area (Å²) >= 11 is 3.41. The van der Waals surface area contributed by atoms with Crippen molar-refractivity contribution in [3.8, 4) is 11.5 Å². The second-order valence-corrected chi connectivity index (χ2v) is 9.77. The van der Waals surface area contributed by atoms with E-state index in [-0.39, 0.29) is 11.3 Å². The van der Waals surface area contributed by atoms with E-state index in [9.17, 15) is 14.7 Å². The zero-order valence-electron chi connectivity index (χ0n) is 21.6. The number of nitrogens with two attached hydrogens (primary N) is 1. The standard InChI is InChI=1S/C31H28BrN3O5/c1-20-11-14-22(15-12-20)34-31(38)40-30(24-19-21(32)13-16-27(24)36)28(39-23-7-3-2-4-8-23)17-18-29(37)35-26-10-6-5-9-25(26)33/h2-19,28,30,36H,33H2,1H3,(H,34,38)(H,35,37)/b18-17+/t28-,30-/m1/s1. The van der Waals surface area contributed by atoms with Gasteiger partial charge in [-0.3, -0.25) is 10.1 Å². The largest absolute Gasteiger partial charge is 0.508 e. The highest BCUT2D eigenvalue weighted by Crippen LogP contribution is 2.35. The van der Waals surface area contributed by atoms with Gasteiger partial charge in [0.2, 0.25) is 5.91 Å². The number of aromatic hydroxyl groups is 1. The molecule has 2 atom stereocenters. The van der Waals surface area contributed by atoms with E-state index >= 15 is 0 Å². The quantitative estimate of drug-likeness (QED) is 0.121. The number of nitrogen functional groups attached to an aromatic ring is 1. The Morgan fingerprint density at radius 3 is 2.35 bits per heavy atom. The Bertz CT molecular complexity index is 1490. The molecular formula is C31H28BrN3O5. The van der Waals surface area contributed by atoms with Crippen LogP contribution in [0, 0.1) is 6.92 Å². The van der Waals surface area contributed by atoms with Crippen LogP contribution >= 0.6 is 15.9 Å². The summed E-state index contributed by atoms with van der Waals surface area (Å²) in [4.78, 5) is 25.9. The van der Waals surface area contributed by atoms with Crippen molar-refractivity contribution >= 4 is 45.0 Å². The first-order chi connectivity index (χ1) is 19.3. The Morgan fingerprint density at radius 1 is 0.925 bits per heavy atom. The van der Waals surface area contributed by atoms with Gasteiger partial charge in [-0.15, -0.1) is 0 Å². The maximum atomic E-state index is 13.1. The molecule has 9 heteroatoms. The molecule has 0 fully saturated rings. The van der Waals surface area contributed by atoms with Crippen molar-refractivity contribution in [3.05, 3.63) is 125 Å². The lowest BCUT2D eigenvalue weighted by atomic mass is 10.0. The first-order valence-electron chi connectivity index (χ1n) is 12.4. The molecule has 0 aliphatic carbocycles. The summed E-state index contributed by atoms with van der Waals surface area (Å²) in [6.45, 7) is 1.94. The van der Waals surface area contributed by atoms with E-state index in [1.165, 1.54) is 18.2 Å². The third-order valence-electron chi connectivity index (χ3n) is 5.80. The molecule has 0 saturated carbocycles. The third kappa shape index (κ3) is 7.87. The maximum Gasteiger partial charge on any atom is 0.412 e. The average Bonchev–Trinajstić information content (AvgIpc) is 2.94. The maximum absolute atomic E-state index is 13.1. The number of hydrogen-bond donors (Lipinski definition) is 4. The third-order valence-corrected chi connectivity index (χ3v) is 6.29. The molecule has 0 aromatic heterocycles. The number of nitrogens with one attached hydrogen (secondary N) is 2. The Kier molecular flexibility index (Phi) is 9.43. The lowest BCUT2D eigenvalue weighted by Gasteiger charge is -2.27. The van der Waals surface area contributed by atoms with Gasteiger partial charge in [0.25, 0.3) is 0 Å². The van der Waals surface area contributed by atoms with Crippen LogP contribution in [-0.2, 0) is 9.53 Å². The van der Waals surface area contributed by atoms with Gasteiger partial charge in [0.15, 0.2) is 12.2 Å². The van der Waals surface area contributed by atoms with Gasteiger partial charge >= 0.3 is 6.09 Å². The molecule has 0 bridgehead atoms. The molecule has 0 heterocycles. The van der Waals surface area contributed by atoms with Crippen LogP contribution in [-0.4, -0.2) is 23.2 Å². The number of phenolic OH excluding ortho intramolecular Hbond substituents is 1. The fourth-order valence-corrected chi connectivity index (χ4v) is 4.16. The molecule has 0 aliphatic heterocycles. The number of hydrogen-bond acceptors (Lipinski definition) is 6. The molecule has 0 aliphatic rings. The van der Waals surface area contributed by atoms with E-state index in [4.69, 9.17) is 15.2 Å². The molecule has 0 saturated heterocycles. The lowest BCUT2D eigenvalue weighted by Crippen LogP contribution is -2.30. The highest BCUT2D eigenvalue weighted by atomic mass is 79.9. The first-order valence-corrected chi connectivity index (χ1v) is 13.2. The van der Waals surface area contributed by atoms with Gasteiger partial charge in [0.1, 0.15) is 11.5 Å². The summed E-state index contributed by atoms with van der Waals surface area (Å²) in [5.41, 5.74) is 8.65. The zero-order valence-corrected chi connectivity index (χ0v) is 23.2. The normalized spacial score (nSPS) is 12.3. The molecule has 0 unspecified atom stereocenters. The fraction of sp³-hybridized carbons (Fsp3) is 0.0968. The van der Waals surface area contributed by atoms with Crippen LogP contribution in [0.4, 0.5) is 21.9 Å². The molecule has 40 heavy (non-hydrogen) atoms. The number of amides is 2. The van der Waals surface area contributed by atoms with E-state index in [1.54, 1.807) is 72.8 Å². The number of anilines is 3. The second-order valence-electron chi connectivity index (χ2n) is 8.85. The van der Waals surface area contributed by atoms with Gasteiger partial charge in [-0.2, -0.15) is 0 Å². The van der Waals surface area contributed by atoms with Gasteiger partial charge in [0, 0.05) is 21.8 Å². The molecular weight excluding hydrogens is 574 g/mol. The Balaban J connectivity index is 1.67. The van der Waals surface area contributed by atoms with Gasteiger partial charge < -0.3 is 25.6 Å². The van der Waals surface area contributed by atoms with E-state index in [2.05, 4.69) is 26.6 Å². The minimum Gasteiger partial charge on any atom is -0.508 e. The summed E-state index contributed by atoms with van der Waals surface area (Å²) < 4.78 is 12.7. The minimum atomic E-state index is -1.16. The smallest absolute Gasteiger partial charge is 0.412 e. The summed E-state index contributed by atoms with van der Waals surface area (Å²) in [7, 11) is 0. The Morgan fingerprint density at radius 2 is 1.62 bits per heavy atom. The van der Waals surface area contributed by atoms with Crippen LogP contribution < -0.4 is 21.1 Å². The number of carbonyl (C=O) groups excluding carboxylic acids is 2. The second kappa shape index (κ2) is 13.3. The SMILES string of the molecule is Cc1ccc(NC(=O)O[C@H](c2cc(Br)ccc2O)[C@@H](/C=C/C(=O)Nc2ccccc2N)Oc2ccccc2)cc1. The summed E-state index contributed by atoms with van der Waals surface area (Å²) in [5, 5.41) is 16.2. The first kappa shape index (κ1) is 28.3. The molecule has 2 amide bonds. The molecule has 204 valence electrons. The van der Waals surface area contributed by atoms with Crippen LogP contribution in [0.3, 0.4) is 0 Å². The van der Waals surface area contributed by atoms with Crippen molar-refractivity contribution in [3.63, 3.8) is 0 Å². The van der Waals surface area contributed by atoms with Crippen LogP contribution in [0.15, 0.2) is 114 Å². The molecule has 8 nitrogen and oxygen atoms in total. The van der Waals surface area contributed by atoms with E-state index in [1.807, 2.05) is 25.1 Å². The lowest BCUT2D eigenvalue weighted by molar-refractivity contribution is -0.112. The number of phenols is 1. The number of aryl methyl sites for hydroxylation is 1. The monoisotopic (exact) mass is 601 g/mol. The number of carbonyl (C=O) groups is 2. The number of ether oxygens (including phenoxy) is 2. The van der Waals surface area contributed by atoms with E-state index in [0.717, 1.165) is 5.56 Å². The van der Waals surface area contributed by atoms with Gasteiger partial charge in [0.05, 0.1) is 11.4 Å². The number of para-hydroxylation sites is 3. The van der Waals surface area contributed by atoms with Gasteiger partial charge in [-0.1, -0.05) is 64.0 Å². The summed E-state index contributed by atoms with van der Waals surface area (Å²) in [6.07, 6.45) is -0.223. The number of rotatable bonds is 9. The van der Waals surface area contributed by atoms with Gasteiger partial charge in [-0.05, 0) is 67.6 Å². The van der Waals surface area contributed by atoms with E-state index < -0.39 is 24.2 Å². The van der Waals surface area contributed by atoms with Crippen molar-refractivity contribution in [1.29, 1.82) is 0 Å². The van der Waals surface area contributed by atoms with Crippen molar-refractivity contribution in [2.45, 2.75) is 19.1 Å². The van der Waals surface area contributed by atoms with Crippen molar-refractivity contribution in [2.24, 2.45) is 0 Å². The summed E-state index contributed by atoms with van der Waals surface area (Å²) in [5.74, 6) is -0.124. The molecule has 4 rings (SSSR count). The zero-order chi connectivity index (χ0) is 28.5. The van der Waals surface area contributed by atoms with Crippen LogP contribution in [0.25, 0.3) is 0 Å². The molecule has 0 spiro atoms. The summed E-state index contributed by atoms with van der Waals surface area (Å²) in [6, 6.07) is 27.7. The van der Waals surface area contributed by atoms with Crippen LogP contribution in [0.5, 0.6) is 11.5 Å². The predicted octanol–water partition coefficient (Wildman–Crippen LogP) is 6.98. The topological polar surface area (TPSA) is 123 Å². The fourth-order valence-electron chi connectivity index (χ4n) is 3.79. The predicted molar refractivity (Wildman–Crippen MR) is 159 cm³/mol. The van der Waals surface area contributed by atoms with E-state index in [0.29, 0.717) is 27.3 Å². The number of halogens is 1. The molecule has 5 N–H and O–H groups in total. The highest BCUT2D eigenvalue weighted by Gasteiger charge is 2.30. The van der Waals surface area contributed by atoms with Crippen LogP contribution in [0.1, 0.15) is 17.2 Å². The molecule has 4 aromatic rings. The molecule has 0 radical (unpaired) electrons. The Labute approximate surface area is 240 Å².